The topological polar surface area (TPSA) is 26.0 Å². The van der Waals surface area contributed by atoms with Gasteiger partial charge in [0.15, 0.2) is 0 Å². The fourth-order valence-corrected chi connectivity index (χ4v) is 2.81. The summed E-state index contributed by atoms with van der Waals surface area (Å²) in [6.45, 7) is 1.77. The summed E-state index contributed by atoms with van der Waals surface area (Å²) in [5.74, 6) is 0.527. The normalized spacial score (nSPS) is 16.8. The summed E-state index contributed by atoms with van der Waals surface area (Å²) in [6, 6.07) is 13.4. The number of hydrogen-bond donors (Lipinski definition) is 1. The highest BCUT2D eigenvalue weighted by atomic mass is 19.1. The van der Waals surface area contributed by atoms with Gasteiger partial charge in [-0.25, -0.2) is 4.39 Å². The van der Waals surface area contributed by atoms with E-state index in [4.69, 9.17) is 5.73 Å². The van der Waals surface area contributed by atoms with Crippen molar-refractivity contribution in [3.8, 4) is 0 Å². The molecule has 3 rings (SSSR count). The van der Waals surface area contributed by atoms with E-state index in [0.717, 1.165) is 11.5 Å². The Balaban J connectivity index is 1.86. The minimum absolute atomic E-state index is 0.192. The first-order valence-corrected chi connectivity index (χ1v) is 7.27. The Hall–Kier alpha value is -1.67. The molecular formula is C18H20FN. The van der Waals surface area contributed by atoms with Crippen LogP contribution in [0.2, 0.25) is 0 Å². The lowest BCUT2D eigenvalue weighted by Gasteiger charge is -2.26. The van der Waals surface area contributed by atoms with Gasteiger partial charge in [-0.15, -0.1) is 0 Å². The summed E-state index contributed by atoms with van der Waals surface area (Å²) >= 11 is 0. The van der Waals surface area contributed by atoms with Crippen LogP contribution in [-0.4, -0.2) is 0 Å². The van der Waals surface area contributed by atoms with E-state index in [9.17, 15) is 4.39 Å². The van der Waals surface area contributed by atoms with Gasteiger partial charge in [-0.3, -0.25) is 0 Å². The van der Waals surface area contributed by atoms with Crippen molar-refractivity contribution in [1.29, 1.82) is 0 Å². The zero-order valence-corrected chi connectivity index (χ0v) is 11.8. The molecule has 1 saturated carbocycles. The highest BCUT2D eigenvalue weighted by Gasteiger charge is 2.20. The van der Waals surface area contributed by atoms with Crippen LogP contribution < -0.4 is 5.73 Å². The molecule has 1 aliphatic rings. The molecule has 1 unspecified atom stereocenters. The Kier molecular flexibility index (Phi) is 3.58. The van der Waals surface area contributed by atoms with Crippen molar-refractivity contribution in [2.45, 2.75) is 38.1 Å². The Labute approximate surface area is 119 Å². The van der Waals surface area contributed by atoms with E-state index in [1.807, 2.05) is 18.2 Å². The first-order valence-electron chi connectivity index (χ1n) is 7.27. The minimum atomic E-state index is -0.398. The number of aryl methyl sites for hydroxylation is 1. The molecule has 0 heterocycles. The van der Waals surface area contributed by atoms with E-state index in [-0.39, 0.29) is 5.82 Å². The SMILES string of the molecule is Cc1cccc(C(N)c2ccc(C3CCC3)cc2)c1F. The fraction of sp³-hybridized carbons (Fsp3) is 0.333. The van der Waals surface area contributed by atoms with Gasteiger partial charge >= 0.3 is 0 Å². The Bertz CT molecular complexity index is 599. The summed E-state index contributed by atoms with van der Waals surface area (Å²) in [4.78, 5) is 0. The van der Waals surface area contributed by atoms with Gasteiger partial charge in [0.2, 0.25) is 0 Å². The van der Waals surface area contributed by atoms with Gasteiger partial charge in [0.05, 0.1) is 6.04 Å². The van der Waals surface area contributed by atoms with Crippen molar-refractivity contribution in [3.63, 3.8) is 0 Å². The molecule has 0 bridgehead atoms. The van der Waals surface area contributed by atoms with E-state index in [1.54, 1.807) is 19.1 Å². The van der Waals surface area contributed by atoms with Crippen LogP contribution in [0.1, 0.15) is 53.5 Å². The lowest BCUT2D eigenvalue weighted by molar-refractivity contribution is 0.419. The van der Waals surface area contributed by atoms with Gasteiger partial charge in [0, 0.05) is 5.56 Å². The monoisotopic (exact) mass is 269 g/mol. The van der Waals surface area contributed by atoms with E-state index in [2.05, 4.69) is 12.1 Å². The average molecular weight is 269 g/mol. The molecular weight excluding hydrogens is 249 g/mol. The lowest BCUT2D eigenvalue weighted by atomic mass is 9.79. The van der Waals surface area contributed by atoms with Crippen molar-refractivity contribution in [2.75, 3.05) is 0 Å². The molecule has 0 aliphatic heterocycles. The van der Waals surface area contributed by atoms with E-state index < -0.39 is 6.04 Å². The second-order valence-corrected chi connectivity index (χ2v) is 5.75. The molecule has 2 aromatic rings. The highest BCUT2D eigenvalue weighted by Crippen LogP contribution is 2.36. The molecule has 20 heavy (non-hydrogen) atoms. The molecule has 2 aromatic carbocycles. The van der Waals surface area contributed by atoms with Crippen LogP contribution in [0.3, 0.4) is 0 Å². The second kappa shape index (κ2) is 5.37. The number of hydrogen-bond acceptors (Lipinski definition) is 1. The molecule has 104 valence electrons. The molecule has 0 aromatic heterocycles. The van der Waals surface area contributed by atoms with Crippen LogP contribution in [0, 0.1) is 12.7 Å². The number of nitrogens with two attached hydrogens (primary N) is 1. The van der Waals surface area contributed by atoms with Crippen LogP contribution in [-0.2, 0) is 0 Å². The minimum Gasteiger partial charge on any atom is -0.320 e. The third kappa shape index (κ3) is 2.36. The third-order valence-electron chi connectivity index (χ3n) is 4.43. The van der Waals surface area contributed by atoms with Gasteiger partial charge in [-0.1, -0.05) is 48.9 Å². The lowest BCUT2D eigenvalue weighted by Crippen LogP contribution is -2.15. The maximum atomic E-state index is 14.1. The quantitative estimate of drug-likeness (QED) is 0.875. The molecule has 2 heteroatoms. The van der Waals surface area contributed by atoms with Crippen molar-refractivity contribution >= 4 is 0 Å². The first kappa shape index (κ1) is 13.3. The molecule has 2 N–H and O–H groups in total. The standard InChI is InChI=1S/C18H20FN/c1-12-4-2-7-16(17(12)19)18(20)15-10-8-14(9-11-15)13-5-3-6-13/h2,4,7-11,13,18H,3,5-6,20H2,1H3. The van der Waals surface area contributed by atoms with E-state index in [0.29, 0.717) is 11.1 Å². The Morgan fingerprint density at radius 3 is 2.40 bits per heavy atom. The maximum absolute atomic E-state index is 14.1. The number of halogens is 1. The smallest absolute Gasteiger partial charge is 0.131 e. The van der Waals surface area contributed by atoms with Crippen LogP contribution >= 0.6 is 0 Å². The summed E-state index contributed by atoms with van der Waals surface area (Å²) in [5.41, 5.74) is 9.79. The van der Waals surface area contributed by atoms with Crippen LogP contribution in [0.25, 0.3) is 0 Å². The summed E-state index contributed by atoms with van der Waals surface area (Å²) < 4.78 is 14.1. The molecule has 1 aliphatic carbocycles. The predicted octanol–water partition coefficient (Wildman–Crippen LogP) is 4.45. The molecule has 0 amide bonds. The Morgan fingerprint density at radius 2 is 1.80 bits per heavy atom. The zero-order chi connectivity index (χ0) is 14.1. The Morgan fingerprint density at radius 1 is 1.10 bits per heavy atom. The van der Waals surface area contributed by atoms with Gasteiger partial charge < -0.3 is 5.73 Å². The third-order valence-corrected chi connectivity index (χ3v) is 4.43. The summed E-state index contributed by atoms with van der Waals surface area (Å²) in [5, 5.41) is 0. The van der Waals surface area contributed by atoms with Crippen molar-refractivity contribution in [1.82, 2.24) is 0 Å². The summed E-state index contributed by atoms with van der Waals surface area (Å²) in [6.07, 6.45) is 3.91. The highest BCUT2D eigenvalue weighted by molar-refractivity contribution is 5.37. The molecule has 0 saturated heterocycles. The molecule has 0 radical (unpaired) electrons. The van der Waals surface area contributed by atoms with Crippen LogP contribution in [0.5, 0.6) is 0 Å². The van der Waals surface area contributed by atoms with Crippen molar-refractivity contribution < 1.29 is 4.39 Å². The zero-order valence-electron chi connectivity index (χ0n) is 11.8. The maximum Gasteiger partial charge on any atom is 0.131 e. The van der Waals surface area contributed by atoms with Gasteiger partial charge in [0.1, 0.15) is 5.82 Å². The second-order valence-electron chi connectivity index (χ2n) is 5.75. The van der Waals surface area contributed by atoms with Gasteiger partial charge in [0.25, 0.3) is 0 Å². The van der Waals surface area contributed by atoms with Crippen molar-refractivity contribution in [3.05, 3.63) is 70.5 Å². The fourth-order valence-electron chi connectivity index (χ4n) is 2.81. The first-order chi connectivity index (χ1) is 9.66. The van der Waals surface area contributed by atoms with Gasteiger partial charge in [-0.05, 0) is 42.4 Å². The van der Waals surface area contributed by atoms with Crippen LogP contribution in [0.4, 0.5) is 4.39 Å². The van der Waals surface area contributed by atoms with Crippen LogP contribution in [0.15, 0.2) is 42.5 Å². The molecule has 0 spiro atoms. The van der Waals surface area contributed by atoms with E-state index in [1.165, 1.54) is 24.8 Å². The average Bonchev–Trinajstić information content (AvgIpc) is 2.40. The molecule has 1 nitrogen and oxygen atoms in total. The van der Waals surface area contributed by atoms with Crippen molar-refractivity contribution in [2.24, 2.45) is 5.73 Å². The largest absolute Gasteiger partial charge is 0.320 e. The molecule has 1 fully saturated rings. The van der Waals surface area contributed by atoms with Gasteiger partial charge in [-0.2, -0.15) is 0 Å². The molecule has 1 atom stereocenters. The number of rotatable bonds is 3. The predicted molar refractivity (Wildman–Crippen MR) is 80.2 cm³/mol. The number of benzene rings is 2. The van der Waals surface area contributed by atoms with E-state index >= 15 is 0 Å². The summed E-state index contributed by atoms with van der Waals surface area (Å²) in [7, 11) is 0.